The zero-order chi connectivity index (χ0) is 25.1. The van der Waals surface area contributed by atoms with Crippen molar-refractivity contribution in [1.29, 1.82) is 0 Å². The SMILES string of the molecule is O=c1c(NCCNc2cc(N3CCCC3)nc(N3CCCC3)n2)c(Nc2ccc([N+](=O)[O-])cc2)c1=O. The summed E-state index contributed by atoms with van der Waals surface area (Å²) in [6.45, 7) is 4.77. The standard InChI is InChI=1S/C24H28N8O4/c33-22-20(21(23(22)34)27-16-5-7-17(8-6-16)32(35)36)26-10-9-25-18-15-19(30-11-1-2-12-30)29-24(28-18)31-13-3-4-14-31/h5-8,15,26-27H,1-4,9-14H2,(H,25,28,29). The predicted octanol–water partition coefficient (Wildman–Crippen LogP) is 2.45. The average Bonchev–Trinajstić information content (AvgIpc) is 3.63. The molecule has 0 aliphatic carbocycles. The lowest BCUT2D eigenvalue weighted by Gasteiger charge is -2.22. The molecule has 0 radical (unpaired) electrons. The topological polar surface area (TPSA) is 146 Å². The van der Waals surface area contributed by atoms with Crippen LogP contribution in [0.4, 0.5) is 40.3 Å². The molecule has 2 aromatic carbocycles. The van der Waals surface area contributed by atoms with Gasteiger partial charge in [0, 0.05) is 63.2 Å². The van der Waals surface area contributed by atoms with Crippen LogP contribution in [0.15, 0.2) is 39.9 Å². The van der Waals surface area contributed by atoms with E-state index >= 15 is 0 Å². The van der Waals surface area contributed by atoms with Crippen LogP contribution < -0.4 is 36.6 Å². The van der Waals surface area contributed by atoms with Crippen molar-refractivity contribution in [3.63, 3.8) is 0 Å². The molecule has 0 spiro atoms. The maximum atomic E-state index is 12.1. The number of non-ortho nitro benzene ring substituents is 1. The van der Waals surface area contributed by atoms with E-state index < -0.39 is 15.8 Å². The molecule has 0 saturated carbocycles. The molecular formula is C24H28N8O4. The van der Waals surface area contributed by atoms with Crippen molar-refractivity contribution in [2.45, 2.75) is 25.7 Å². The van der Waals surface area contributed by atoms with Gasteiger partial charge in [-0.05, 0) is 37.8 Å². The van der Waals surface area contributed by atoms with Crippen LogP contribution in [0.5, 0.6) is 0 Å². The van der Waals surface area contributed by atoms with E-state index in [2.05, 4.69) is 25.8 Å². The number of hydrogen-bond donors (Lipinski definition) is 3. The molecule has 3 heterocycles. The predicted molar refractivity (Wildman–Crippen MR) is 140 cm³/mol. The highest BCUT2D eigenvalue weighted by molar-refractivity contribution is 5.78. The monoisotopic (exact) mass is 492 g/mol. The quantitative estimate of drug-likeness (QED) is 0.166. The first-order valence-corrected chi connectivity index (χ1v) is 12.2. The Morgan fingerprint density at radius 3 is 2.11 bits per heavy atom. The van der Waals surface area contributed by atoms with E-state index in [0.29, 0.717) is 18.8 Å². The van der Waals surface area contributed by atoms with Crippen LogP contribution in [-0.4, -0.2) is 54.2 Å². The molecule has 2 aliphatic rings. The molecule has 1 aromatic heterocycles. The van der Waals surface area contributed by atoms with Gasteiger partial charge in [0.2, 0.25) is 5.95 Å². The van der Waals surface area contributed by atoms with Crippen LogP contribution in [0.1, 0.15) is 25.7 Å². The highest BCUT2D eigenvalue weighted by Gasteiger charge is 2.22. The normalized spacial score (nSPS) is 15.4. The molecule has 2 aliphatic heterocycles. The van der Waals surface area contributed by atoms with Gasteiger partial charge in [0.1, 0.15) is 23.0 Å². The Balaban J connectivity index is 1.21. The van der Waals surface area contributed by atoms with E-state index in [1.165, 1.54) is 24.3 Å². The number of nitro groups is 1. The lowest BCUT2D eigenvalue weighted by molar-refractivity contribution is -0.384. The van der Waals surface area contributed by atoms with Gasteiger partial charge in [-0.1, -0.05) is 0 Å². The lowest BCUT2D eigenvalue weighted by atomic mass is 10.1. The number of nitrogens with one attached hydrogen (secondary N) is 3. The number of nitrogens with zero attached hydrogens (tertiary/aromatic N) is 5. The average molecular weight is 493 g/mol. The van der Waals surface area contributed by atoms with Crippen LogP contribution in [0, 0.1) is 10.1 Å². The fourth-order valence-electron chi connectivity index (χ4n) is 4.55. The number of nitro benzene ring substituents is 1. The Bertz CT molecular complexity index is 1270. The van der Waals surface area contributed by atoms with E-state index in [-0.39, 0.29) is 17.1 Å². The fraction of sp³-hybridized carbons (Fsp3) is 0.417. The number of rotatable bonds is 10. The number of hydrogen-bond acceptors (Lipinski definition) is 11. The second-order valence-corrected chi connectivity index (χ2v) is 8.99. The molecular weight excluding hydrogens is 464 g/mol. The summed E-state index contributed by atoms with van der Waals surface area (Å²) in [6, 6.07) is 7.61. The van der Waals surface area contributed by atoms with Gasteiger partial charge >= 0.3 is 0 Å². The smallest absolute Gasteiger partial charge is 0.269 e. The molecule has 5 rings (SSSR count). The maximum Gasteiger partial charge on any atom is 0.269 e. The molecule has 0 atom stereocenters. The molecule has 12 heteroatoms. The van der Waals surface area contributed by atoms with Crippen LogP contribution in [0.25, 0.3) is 0 Å². The van der Waals surface area contributed by atoms with Crippen molar-refractivity contribution >= 4 is 40.3 Å². The Morgan fingerprint density at radius 1 is 0.833 bits per heavy atom. The Morgan fingerprint density at radius 2 is 1.44 bits per heavy atom. The minimum absolute atomic E-state index is 0.0551. The molecule has 188 valence electrons. The molecule has 12 nitrogen and oxygen atoms in total. The van der Waals surface area contributed by atoms with E-state index in [1.54, 1.807) is 0 Å². The van der Waals surface area contributed by atoms with Crippen molar-refractivity contribution in [3.05, 3.63) is 60.9 Å². The largest absolute Gasteiger partial charge is 0.378 e. The van der Waals surface area contributed by atoms with Crippen molar-refractivity contribution < 1.29 is 4.92 Å². The second kappa shape index (κ2) is 10.2. The molecule has 3 aromatic rings. The summed E-state index contributed by atoms with van der Waals surface area (Å²) in [5, 5.41) is 20.0. The van der Waals surface area contributed by atoms with Gasteiger partial charge in [-0.3, -0.25) is 19.7 Å². The number of anilines is 6. The number of benzene rings is 1. The van der Waals surface area contributed by atoms with E-state index in [1.807, 2.05) is 6.07 Å². The summed E-state index contributed by atoms with van der Waals surface area (Å²) >= 11 is 0. The zero-order valence-corrected chi connectivity index (χ0v) is 19.8. The second-order valence-electron chi connectivity index (χ2n) is 8.99. The molecule has 0 amide bonds. The third-order valence-electron chi connectivity index (χ3n) is 6.51. The van der Waals surface area contributed by atoms with Crippen LogP contribution >= 0.6 is 0 Å². The molecule has 36 heavy (non-hydrogen) atoms. The maximum absolute atomic E-state index is 12.1. The van der Waals surface area contributed by atoms with Crippen LogP contribution in [-0.2, 0) is 0 Å². The molecule has 2 saturated heterocycles. The van der Waals surface area contributed by atoms with Crippen molar-refractivity contribution in [2.24, 2.45) is 0 Å². The molecule has 0 unspecified atom stereocenters. The van der Waals surface area contributed by atoms with Crippen molar-refractivity contribution in [1.82, 2.24) is 9.97 Å². The third-order valence-corrected chi connectivity index (χ3v) is 6.51. The Kier molecular flexibility index (Phi) is 6.65. The number of aromatic nitrogens is 2. The van der Waals surface area contributed by atoms with Gasteiger partial charge in [-0.25, -0.2) is 0 Å². The first-order chi connectivity index (χ1) is 17.5. The summed E-state index contributed by atoms with van der Waals surface area (Å²) in [5.74, 6) is 2.39. The zero-order valence-electron chi connectivity index (χ0n) is 19.8. The minimum Gasteiger partial charge on any atom is -0.378 e. The first-order valence-electron chi connectivity index (χ1n) is 12.2. The van der Waals surface area contributed by atoms with Gasteiger partial charge in [-0.15, -0.1) is 0 Å². The van der Waals surface area contributed by atoms with Gasteiger partial charge in [0.05, 0.1) is 4.92 Å². The van der Waals surface area contributed by atoms with Gasteiger partial charge in [0.15, 0.2) is 0 Å². The first kappa shape index (κ1) is 23.5. The van der Waals surface area contributed by atoms with Gasteiger partial charge in [0.25, 0.3) is 16.5 Å². The highest BCUT2D eigenvalue weighted by atomic mass is 16.6. The summed E-state index contributed by atoms with van der Waals surface area (Å²) in [5.41, 5.74) is -0.416. The van der Waals surface area contributed by atoms with E-state index in [4.69, 9.17) is 9.97 Å². The lowest BCUT2D eigenvalue weighted by Crippen LogP contribution is -2.37. The van der Waals surface area contributed by atoms with Crippen LogP contribution in [0.3, 0.4) is 0 Å². The summed E-state index contributed by atoms with van der Waals surface area (Å²) in [4.78, 5) is 48.5. The Labute approximate surface area is 207 Å². The third kappa shape index (κ3) is 4.92. The van der Waals surface area contributed by atoms with Gasteiger partial charge in [-0.2, -0.15) is 9.97 Å². The summed E-state index contributed by atoms with van der Waals surface area (Å²) in [7, 11) is 0. The van der Waals surface area contributed by atoms with E-state index in [9.17, 15) is 19.7 Å². The highest BCUT2D eigenvalue weighted by Crippen LogP contribution is 2.26. The molecule has 2 fully saturated rings. The van der Waals surface area contributed by atoms with Crippen molar-refractivity contribution in [2.75, 3.05) is 65.0 Å². The Hall–Kier alpha value is -4.22. The summed E-state index contributed by atoms with van der Waals surface area (Å²) in [6.07, 6.45) is 4.60. The van der Waals surface area contributed by atoms with Gasteiger partial charge < -0.3 is 25.8 Å². The molecule has 3 N–H and O–H groups in total. The van der Waals surface area contributed by atoms with Crippen molar-refractivity contribution in [3.8, 4) is 0 Å². The van der Waals surface area contributed by atoms with Crippen LogP contribution in [0.2, 0.25) is 0 Å². The molecule has 0 bridgehead atoms. The fourth-order valence-corrected chi connectivity index (χ4v) is 4.55. The minimum atomic E-state index is -0.620. The van der Waals surface area contributed by atoms with E-state index in [0.717, 1.165) is 69.4 Å². The summed E-state index contributed by atoms with van der Waals surface area (Å²) < 4.78 is 0.